The molecule has 7 nitrogen and oxygen atoms in total. The predicted molar refractivity (Wildman–Crippen MR) is 92.1 cm³/mol. The van der Waals surface area contributed by atoms with Crippen molar-refractivity contribution in [1.82, 2.24) is 9.88 Å². The Morgan fingerprint density at radius 3 is 2.56 bits per heavy atom. The maximum absolute atomic E-state index is 12.3. The number of benzene rings is 1. The summed E-state index contributed by atoms with van der Waals surface area (Å²) < 4.78 is 5.17. The molecule has 128 valence electrons. The van der Waals surface area contributed by atoms with Crippen LogP contribution in [0.2, 0.25) is 0 Å². The summed E-state index contributed by atoms with van der Waals surface area (Å²) >= 11 is 0. The summed E-state index contributed by atoms with van der Waals surface area (Å²) in [5.41, 5.74) is 2.00. The average Bonchev–Trinajstić information content (AvgIpc) is 3.30. The minimum absolute atomic E-state index is 0.0863. The lowest BCUT2D eigenvalue weighted by atomic mass is 10.2. The molecule has 2 N–H and O–H groups in total. The number of hydrogen-bond donors (Lipinski definition) is 2. The molecule has 1 aliphatic rings. The van der Waals surface area contributed by atoms with Gasteiger partial charge in [-0.15, -0.1) is 0 Å². The van der Waals surface area contributed by atoms with E-state index >= 15 is 0 Å². The lowest BCUT2D eigenvalue weighted by Crippen LogP contribution is -2.48. The number of furan rings is 1. The van der Waals surface area contributed by atoms with Gasteiger partial charge in [-0.05, 0) is 36.4 Å². The number of nitrogens with one attached hydrogen (secondary N) is 1. The molecular formula is C18H17N3O4. The van der Waals surface area contributed by atoms with Crippen LogP contribution >= 0.6 is 0 Å². The Morgan fingerprint density at radius 2 is 1.88 bits per heavy atom. The SMILES string of the molecule is O=C(O)c1cc2cc(N3CCN(C(=O)c4ccco4)CC3)ccc2[nH]1. The third-order valence-corrected chi connectivity index (χ3v) is 4.50. The number of carboxylic acid groups (broad SMARTS) is 1. The van der Waals surface area contributed by atoms with E-state index < -0.39 is 5.97 Å². The third kappa shape index (κ3) is 2.84. The van der Waals surface area contributed by atoms with E-state index in [0.717, 1.165) is 16.6 Å². The first-order valence-corrected chi connectivity index (χ1v) is 8.05. The van der Waals surface area contributed by atoms with Gasteiger partial charge in [0.25, 0.3) is 5.91 Å². The van der Waals surface area contributed by atoms with E-state index in [4.69, 9.17) is 9.52 Å². The van der Waals surface area contributed by atoms with E-state index in [2.05, 4.69) is 9.88 Å². The number of amides is 1. The number of aromatic nitrogens is 1. The molecule has 0 unspecified atom stereocenters. The summed E-state index contributed by atoms with van der Waals surface area (Å²) in [6.07, 6.45) is 1.50. The van der Waals surface area contributed by atoms with Gasteiger partial charge in [0.2, 0.25) is 0 Å². The number of carbonyl (C=O) groups excluding carboxylic acids is 1. The van der Waals surface area contributed by atoms with E-state index in [1.54, 1.807) is 23.1 Å². The van der Waals surface area contributed by atoms with Crippen LogP contribution in [0.1, 0.15) is 21.0 Å². The Bertz CT molecular complexity index is 921. The van der Waals surface area contributed by atoms with Crippen molar-refractivity contribution in [2.45, 2.75) is 0 Å². The van der Waals surface area contributed by atoms with Gasteiger partial charge in [0.15, 0.2) is 5.76 Å². The number of rotatable bonds is 3. The minimum Gasteiger partial charge on any atom is -0.477 e. The van der Waals surface area contributed by atoms with Crippen LogP contribution in [0.15, 0.2) is 47.1 Å². The summed E-state index contributed by atoms with van der Waals surface area (Å²) in [6.45, 7) is 2.67. The molecule has 1 saturated heterocycles. The molecule has 3 heterocycles. The van der Waals surface area contributed by atoms with Gasteiger partial charge in [-0.3, -0.25) is 4.79 Å². The highest BCUT2D eigenvalue weighted by molar-refractivity contribution is 5.95. The number of aromatic amines is 1. The summed E-state index contributed by atoms with van der Waals surface area (Å²) in [7, 11) is 0. The number of anilines is 1. The topological polar surface area (TPSA) is 89.8 Å². The zero-order valence-electron chi connectivity index (χ0n) is 13.4. The Kier molecular flexibility index (Phi) is 3.68. The highest BCUT2D eigenvalue weighted by Crippen LogP contribution is 2.24. The van der Waals surface area contributed by atoms with Crippen molar-refractivity contribution in [1.29, 1.82) is 0 Å². The molecule has 1 fully saturated rings. The lowest BCUT2D eigenvalue weighted by Gasteiger charge is -2.35. The second-order valence-corrected chi connectivity index (χ2v) is 6.02. The molecule has 0 bridgehead atoms. The number of fused-ring (bicyclic) bond motifs is 1. The van der Waals surface area contributed by atoms with Crippen molar-refractivity contribution in [3.05, 3.63) is 54.1 Å². The molecule has 3 aromatic rings. The second kappa shape index (κ2) is 6.01. The average molecular weight is 339 g/mol. The smallest absolute Gasteiger partial charge is 0.352 e. The van der Waals surface area contributed by atoms with Crippen molar-refractivity contribution < 1.29 is 19.1 Å². The molecular weight excluding hydrogens is 322 g/mol. The second-order valence-electron chi connectivity index (χ2n) is 6.02. The van der Waals surface area contributed by atoms with Crippen LogP contribution in [-0.2, 0) is 0 Å². The zero-order chi connectivity index (χ0) is 17.4. The number of nitrogens with zero attached hydrogens (tertiary/aromatic N) is 2. The molecule has 0 radical (unpaired) electrons. The maximum atomic E-state index is 12.3. The number of H-pyrrole nitrogens is 1. The van der Waals surface area contributed by atoms with Gasteiger partial charge in [-0.25, -0.2) is 4.79 Å². The highest BCUT2D eigenvalue weighted by Gasteiger charge is 2.24. The van der Waals surface area contributed by atoms with Crippen LogP contribution in [0.4, 0.5) is 5.69 Å². The molecule has 0 saturated carbocycles. The van der Waals surface area contributed by atoms with Crippen LogP contribution in [-0.4, -0.2) is 53.0 Å². The van der Waals surface area contributed by atoms with Crippen molar-refractivity contribution in [2.75, 3.05) is 31.1 Å². The minimum atomic E-state index is -0.970. The fourth-order valence-corrected chi connectivity index (χ4v) is 3.16. The first kappa shape index (κ1) is 15.3. The summed E-state index contributed by atoms with van der Waals surface area (Å²) in [6, 6.07) is 10.8. The fourth-order valence-electron chi connectivity index (χ4n) is 3.16. The number of aromatic carboxylic acids is 1. The molecule has 1 aliphatic heterocycles. The van der Waals surface area contributed by atoms with E-state index in [-0.39, 0.29) is 11.6 Å². The van der Waals surface area contributed by atoms with E-state index in [1.807, 2.05) is 18.2 Å². The Hall–Kier alpha value is -3.22. The molecule has 0 spiro atoms. The fraction of sp³-hybridized carbons (Fsp3) is 0.222. The van der Waals surface area contributed by atoms with Gasteiger partial charge in [-0.2, -0.15) is 0 Å². The number of carbonyl (C=O) groups is 2. The molecule has 0 atom stereocenters. The van der Waals surface area contributed by atoms with Gasteiger partial charge in [0, 0.05) is 42.8 Å². The molecule has 4 rings (SSSR count). The normalized spacial score (nSPS) is 14.9. The lowest BCUT2D eigenvalue weighted by molar-refractivity contribution is 0.0689. The highest BCUT2D eigenvalue weighted by atomic mass is 16.4. The third-order valence-electron chi connectivity index (χ3n) is 4.50. The monoisotopic (exact) mass is 339 g/mol. The van der Waals surface area contributed by atoms with Crippen molar-refractivity contribution in [2.24, 2.45) is 0 Å². The quantitative estimate of drug-likeness (QED) is 0.765. The van der Waals surface area contributed by atoms with Gasteiger partial charge >= 0.3 is 5.97 Å². The van der Waals surface area contributed by atoms with Crippen LogP contribution in [0.25, 0.3) is 10.9 Å². The van der Waals surface area contributed by atoms with Crippen LogP contribution < -0.4 is 4.90 Å². The number of carboxylic acids is 1. The first-order chi connectivity index (χ1) is 12.1. The molecule has 7 heteroatoms. The van der Waals surface area contributed by atoms with E-state index in [9.17, 15) is 9.59 Å². The van der Waals surface area contributed by atoms with E-state index in [0.29, 0.717) is 31.9 Å². The summed E-state index contributed by atoms with van der Waals surface area (Å²) in [4.78, 5) is 30.2. The van der Waals surface area contributed by atoms with Gasteiger partial charge in [0.05, 0.1) is 6.26 Å². The van der Waals surface area contributed by atoms with Crippen molar-refractivity contribution in [3.8, 4) is 0 Å². The molecule has 25 heavy (non-hydrogen) atoms. The van der Waals surface area contributed by atoms with Crippen LogP contribution in [0.5, 0.6) is 0 Å². The van der Waals surface area contributed by atoms with Crippen LogP contribution in [0.3, 0.4) is 0 Å². The van der Waals surface area contributed by atoms with Gasteiger partial charge in [-0.1, -0.05) is 0 Å². The van der Waals surface area contributed by atoms with Gasteiger partial charge < -0.3 is 24.3 Å². The largest absolute Gasteiger partial charge is 0.477 e. The molecule has 1 amide bonds. The van der Waals surface area contributed by atoms with Gasteiger partial charge in [0.1, 0.15) is 5.69 Å². The maximum Gasteiger partial charge on any atom is 0.352 e. The Balaban J connectivity index is 1.48. The predicted octanol–water partition coefficient (Wildman–Crippen LogP) is 2.42. The molecule has 1 aromatic carbocycles. The molecule has 2 aromatic heterocycles. The number of piperazine rings is 1. The summed E-state index contributed by atoms with van der Waals surface area (Å²) in [5, 5.41) is 9.94. The van der Waals surface area contributed by atoms with Crippen molar-refractivity contribution in [3.63, 3.8) is 0 Å². The summed E-state index contributed by atoms with van der Waals surface area (Å²) in [5.74, 6) is -0.692. The molecule has 0 aliphatic carbocycles. The Morgan fingerprint density at radius 1 is 1.08 bits per heavy atom. The van der Waals surface area contributed by atoms with Crippen molar-refractivity contribution >= 4 is 28.5 Å². The number of hydrogen-bond acceptors (Lipinski definition) is 4. The Labute approximate surface area is 143 Å². The zero-order valence-corrected chi connectivity index (χ0v) is 13.4. The first-order valence-electron chi connectivity index (χ1n) is 8.05. The standard InChI is InChI=1S/C18H17N3O4/c22-17(16-2-1-9-25-16)21-7-5-20(6-8-21)13-3-4-14-12(10-13)11-15(19-14)18(23)24/h1-4,9-11,19H,5-8H2,(H,23,24). The van der Waals surface area contributed by atoms with Crippen LogP contribution in [0, 0.1) is 0 Å². The van der Waals surface area contributed by atoms with E-state index in [1.165, 1.54) is 6.26 Å².